The standard InChI is InChI=1S/C6H10FNO2.C6H16Si/c7-3-5-4-8-6(9)1-2-10-5;1-4-7(5-2)6-3/h5H,1-4H2,(H,8,9);7H,4-6H2,1-3H3/t5-;/m1./s1. The van der Waals surface area contributed by atoms with Gasteiger partial charge in [0.1, 0.15) is 12.8 Å². The molecule has 0 aliphatic carbocycles. The Hall–Kier alpha value is -0.423. The largest absolute Gasteiger partial charge is 0.373 e. The summed E-state index contributed by atoms with van der Waals surface area (Å²) in [4.78, 5) is 10.6. The minimum absolute atomic E-state index is 0.0593. The number of alkyl halides is 1. The fraction of sp³-hybridized carbons (Fsp3) is 0.917. The lowest BCUT2D eigenvalue weighted by molar-refractivity contribution is -0.120. The summed E-state index contributed by atoms with van der Waals surface area (Å²) in [5.74, 6) is -0.0593. The summed E-state index contributed by atoms with van der Waals surface area (Å²) in [5.41, 5.74) is 0. The van der Waals surface area contributed by atoms with Crippen LogP contribution in [0.3, 0.4) is 0 Å². The van der Waals surface area contributed by atoms with E-state index >= 15 is 0 Å². The predicted molar refractivity (Wildman–Crippen MR) is 71.9 cm³/mol. The second kappa shape index (κ2) is 10.7. The van der Waals surface area contributed by atoms with Crippen LogP contribution in [0.4, 0.5) is 4.39 Å². The number of carbonyl (C=O) groups excluding carboxylic acids is 1. The molecule has 1 atom stereocenters. The molecule has 102 valence electrons. The van der Waals surface area contributed by atoms with Gasteiger partial charge in [0.05, 0.1) is 6.61 Å². The zero-order valence-electron chi connectivity index (χ0n) is 11.3. The number of rotatable bonds is 4. The lowest BCUT2D eigenvalue weighted by atomic mass is 10.4. The van der Waals surface area contributed by atoms with Gasteiger partial charge >= 0.3 is 0 Å². The van der Waals surface area contributed by atoms with Crippen molar-refractivity contribution in [3.8, 4) is 0 Å². The highest BCUT2D eigenvalue weighted by molar-refractivity contribution is 6.58. The molecule has 0 unspecified atom stereocenters. The van der Waals surface area contributed by atoms with Crippen molar-refractivity contribution in [3.63, 3.8) is 0 Å². The van der Waals surface area contributed by atoms with Crippen LogP contribution in [0.5, 0.6) is 0 Å². The van der Waals surface area contributed by atoms with Crippen LogP contribution in [-0.4, -0.2) is 40.6 Å². The molecule has 0 aromatic heterocycles. The zero-order chi connectivity index (χ0) is 13.1. The number of hydrogen-bond donors (Lipinski definition) is 1. The van der Waals surface area contributed by atoms with E-state index in [1.807, 2.05) is 0 Å². The average Bonchev–Trinajstić information content (AvgIpc) is 2.57. The van der Waals surface area contributed by atoms with Crippen molar-refractivity contribution in [2.75, 3.05) is 19.8 Å². The molecule has 1 fully saturated rings. The average molecular weight is 263 g/mol. The molecule has 1 aliphatic heterocycles. The molecule has 0 aromatic carbocycles. The van der Waals surface area contributed by atoms with Crippen LogP contribution in [0.25, 0.3) is 0 Å². The van der Waals surface area contributed by atoms with Gasteiger partial charge in [-0.15, -0.1) is 0 Å². The molecule has 0 radical (unpaired) electrons. The summed E-state index contributed by atoms with van der Waals surface area (Å²) in [6.45, 7) is 7.08. The minimum Gasteiger partial charge on any atom is -0.373 e. The Morgan fingerprint density at radius 2 is 1.94 bits per heavy atom. The van der Waals surface area contributed by atoms with Crippen molar-refractivity contribution in [1.29, 1.82) is 0 Å². The van der Waals surface area contributed by atoms with E-state index in [0.29, 0.717) is 19.6 Å². The normalized spacial score (nSPS) is 20.3. The number of ether oxygens (including phenoxy) is 1. The van der Waals surface area contributed by atoms with Crippen molar-refractivity contribution in [2.45, 2.75) is 51.4 Å². The Morgan fingerprint density at radius 1 is 1.35 bits per heavy atom. The maximum absolute atomic E-state index is 11.9. The Bertz CT molecular complexity index is 195. The molecule has 1 aliphatic rings. The van der Waals surface area contributed by atoms with E-state index in [1.165, 1.54) is 18.1 Å². The molecule has 1 amide bonds. The Labute approximate surface area is 106 Å². The molecule has 1 rings (SSSR count). The fourth-order valence-corrected chi connectivity index (χ4v) is 3.39. The van der Waals surface area contributed by atoms with Gasteiger partial charge in [-0.2, -0.15) is 0 Å². The quantitative estimate of drug-likeness (QED) is 0.789. The van der Waals surface area contributed by atoms with Crippen molar-refractivity contribution in [3.05, 3.63) is 0 Å². The summed E-state index contributed by atoms with van der Waals surface area (Å²) in [6, 6.07) is 4.48. The number of hydrogen-bond acceptors (Lipinski definition) is 2. The first-order chi connectivity index (χ1) is 8.17. The number of nitrogens with one attached hydrogen (secondary N) is 1. The molecule has 1 saturated heterocycles. The van der Waals surface area contributed by atoms with E-state index in [1.54, 1.807) is 0 Å². The van der Waals surface area contributed by atoms with Crippen LogP contribution in [0.1, 0.15) is 27.2 Å². The van der Waals surface area contributed by atoms with E-state index in [2.05, 4.69) is 26.1 Å². The van der Waals surface area contributed by atoms with Gasteiger partial charge < -0.3 is 10.1 Å². The highest BCUT2D eigenvalue weighted by Gasteiger charge is 2.14. The SMILES string of the molecule is CC[SiH](CC)CC.O=C1CCO[C@H](CF)CN1. The molecule has 5 heteroatoms. The molecule has 1 N–H and O–H groups in total. The molecule has 0 aromatic rings. The first-order valence-electron chi connectivity index (χ1n) is 6.62. The lowest BCUT2D eigenvalue weighted by Crippen LogP contribution is -2.30. The lowest BCUT2D eigenvalue weighted by Gasteiger charge is -2.08. The van der Waals surface area contributed by atoms with Crippen molar-refractivity contribution in [2.24, 2.45) is 0 Å². The maximum Gasteiger partial charge on any atom is 0.222 e. The molecule has 1 heterocycles. The third-order valence-corrected chi connectivity index (χ3v) is 6.58. The third kappa shape index (κ3) is 8.32. The van der Waals surface area contributed by atoms with Crippen LogP contribution < -0.4 is 5.32 Å². The smallest absolute Gasteiger partial charge is 0.222 e. The van der Waals surface area contributed by atoms with E-state index in [-0.39, 0.29) is 14.7 Å². The predicted octanol–water partition coefficient (Wildman–Crippen LogP) is 2.13. The Morgan fingerprint density at radius 3 is 2.35 bits per heavy atom. The molecule has 17 heavy (non-hydrogen) atoms. The number of amides is 1. The topological polar surface area (TPSA) is 38.3 Å². The van der Waals surface area contributed by atoms with Crippen LogP contribution in [-0.2, 0) is 9.53 Å². The molecule has 0 bridgehead atoms. The first kappa shape index (κ1) is 16.6. The second-order valence-corrected chi connectivity index (χ2v) is 8.47. The highest BCUT2D eigenvalue weighted by atomic mass is 28.3. The van der Waals surface area contributed by atoms with Gasteiger partial charge in [0, 0.05) is 21.8 Å². The highest BCUT2D eigenvalue weighted by Crippen LogP contribution is 2.01. The van der Waals surface area contributed by atoms with Gasteiger partial charge in [0.25, 0.3) is 0 Å². The summed E-state index contributed by atoms with van der Waals surface area (Å²) in [7, 11) is -0.171. The number of carbonyl (C=O) groups is 1. The van der Waals surface area contributed by atoms with Gasteiger partial charge in [-0.25, -0.2) is 4.39 Å². The Kier molecular flexibility index (Phi) is 10.4. The molecule has 3 nitrogen and oxygen atoms in total. The summed E-state index contributed by atoms with van der Waals surface area (Å²) in [6.07, 6.45) is -0.0947. The van der Waals surface area contributed by atoms with Crippen LogP contribution in [0.15, 0.2) is 0 Å². The van der Waals surface area contributed by atoms with Gasteiger partial charge in [0.15, 0.2) is 0 Å². The summed E-state index contributed by atoms with van der Waals surface area (Å²) in [5, 5.41) is 2.54. The van der Waals surface area contributed by atoms with Crippen LogP contribution >= 0.6 is 0 Å². The third-order valence-electron chi connectivity index (χ3n) is 3.11. The molecule has 0 saturated carbocycles. The van der Waals surface area contributed by atoms with Gasteiger partial charge in [-0.1, -0.05) is 38.9 Å². The van der Waals surface area contributed by atoms with E-state index < -0.39 is 12.8 Å². The number of halogens is 1. The second-order valence-electron chi connectivity index (χ2n) is 4.29. The first-order valence-corrected chi connectivity index (χ1v) is 9.06. The Balaban J connectivity index is 0.000000325. The summed E-state index contributed by atoms with van der Waals surface area (Å²) >= 11 is 0. The van der Waals surface area contributed by atoms with E-state index in [4.69, 9.17) is 4.74 Å². The molecular weight excluding hydrogens is 237 g/mol. The molecule has 0 spiro atoms. The molecular formula is C12H26FNO2Si. The van der Waals surface area contributed by atoms with Crippen LogP contribution in [0, 0.1) is 0 Å². The zero-order valence-corrected chi connectivity index (χ0v) is 12.5. The van der Waals surface area contributed by atoms with Gasteiger partial charge in [-0.3, -0.25) is 4.79 Å². The fourth-order valence-electron chi connectivity index (χ4n) is 1.66. The van der Waals surface area contributed by atoms with E-state index in [9.17, 15) is 9.18 Å². The van der Waals surface area contributed by atoms with Crippen molar-refractivity contribution < 1.29 is 13.9 Å². The summed E-state index contributed by atoms with van der Waals surface area (Å²) < 4.78 is 16.9. The minimum atomic E-state index is -0.527. The monoisotopic (exact) mass is 263 g/mol. The van der Waals surface area contributed by atoms with Crippen LogP contribution in [0.2, 0.25) is 18.1 Å². The maximum atomic E-state index is 11.9. The van der Waals surface area contributed by atoms with E-state index in [0.717, 1.165) is 0 Å². The van der Waals surface area contributed by atoms with Gasteiger partial charge in [-0.05, 0) is 0 Å². The van der Waals surface area contributed by atoms with Crippen molar-refractivity contribution >= 4 is 14.7 Å². The van der Waals surface area contributed by atoms with Gasteiger partial charge in [0.2, 0.25) is 5.91 Å². The van der Waals surface area contributed by atoms with Crippen molar-refractivity contribution in [1.82, 2.24) is 5.32 Å².